The first kappa shape index (κ1) is 11.7. The zero-order valence-electron chi connectivity index (χ0n) is 10.7. The summed E-state index contributed by atoms with van der Waals surface area (Å²) in [5, 5.41) is 3.43. The summed E-state index contributed by atoms with van der Waals surface area (Å²) in [5.74, 6) is 0.262. The Balaban J connectivity index is 1.63. The highest BCUT2D eigenvalue weighted by Gasteiger charge is 2.35. The highest BCUT2D eigenvalue weighted by atomic mass is 16.2. The van der Waals surface area contributed by atoms with Crippen molar-refractivity contribution < 1.29 is 4.79 Å². The molecule has 0 bridgehead atoms. The number of carbonyl (C=O) groups is 1. The molecule has 1 saturated carbocycles. The van der Waals surface area contributed by atoms with Crippen molar-refractivity contribution in [2.75, 3.05) is 6.54 Å². The number of likely N-dealkylation sites (tertiary alicyclic amines) is 1. The van der Waals surface area contributed by atoms with Crippen molar-refractivity contribution >= 4 is 5.91 Å². The molecular formula is C14H19N3O. The number of hydrogen-bond donors (Lipinski definition) is 1. The molecule has 2 aliphatic rings. The van der Waals surface area contributed by atoms with Gasteiger partial charge in [0.1, 0.15) is 0 Å². The second-order valence-electron chi connectivity index (χ2n) is 5.34. The predicted octanol–water partition coefficient (Wildman–Crippen LogP) is 1.24. The van der Waals surface area contributed by atoms with Crippen molar-refractivity contribution in [2.45, 2.75) is 44.8 Å². The van der Waals surface area contributed by atoms with Crippen molar-refractivity contribution in [1.82, 2.24) is 15.2 Å². The zero-order valence-corrected chi connectivity index (χ0v) is 10.7. The second-order valence-corrected chi connectivity index (χ2v) is 5.34. The average Bonchev–Trinajstić information content (AvgIpc) is 3.12. The fourth-order valence-electron chi connectivity index (χ4n) is 2.47. The zero-order chi connectivity index (χ0) is 12.5. The van der Waals surface area contributed by atoms with E-state index in [4.69, 9.17) is 0 Å². The first-order valence-corrected chi connectivity index (χ1v) is 6.68. The summed E-state index contributed by atoms with van der Waals surface area (Å²) < 4.78 is 0. The molecule has 1 amide bonds. The molecule has 1 aliphatic carbocycles. The lowest BCUT2D eigenvalue weighted by atomic mass is 10.1. The van der Waals surface area contributed by atoms with Gasteiger partial charge in [-0.15, -0.1) is 0 Å². The molecule has 1 saturated heterocycles. The second kappa shape index (κ2) is 4.69. The van der Waals surface area contributed by atoms with Crippen LogP contribution in [0.2, 0.25) is 0 Å². The number of aromatic nitrogens is 1. The van der Waals surface area contributed by atoms with Crippen molar-refractivity contribution in [3.05, 3.63) is 29.6 Å². The molecule has 2 heterocycles. The summed E-state index contributed by atoms with van der Waals surface area (Å²) in [6.07, 6.45) is 7.05. The summed E-state index contributed by atoms with van der Waals surface area (Å²) in [7, 11) is 0. The van der Waals surface area contributed by atoms with Gasteiger partial charge >= 0.3 is 0 Å². The van der Waals surface area contributed by atoms with Crippen LogP contribution in [-0.2, 0) is 11.3 Å². The Kier molecular flexibility index (Phi) is 3.04. The number of amides is 1. The van der Waals surface area contributed by atoms with Crippen LogP contribution < -0.4 is 5.32 Å². The van der Waals surface area contributed by atoms with Gasteiger partial charge in [-0.1, -0.05) is 0 Å². The molecule has 96 valence electrons. The van der Waals surface area contributed by atoms with E-state index in [9.17, 15) is 4.79 Å². The fraction of sp³-hybridized carbons (Fsp3) is 0.571. The average molecular weight is 245 g/mol. The van der Waals surface area contributed by atoms with E-state index in [1.54, 1.807) is 6.20 Å². The van der Waals surface area contributed by atoms with E-state index >= 15 is 0 Å². The number of hydrogen-bond acceptors (Lipinski definition) is 3. The molecule has 1 unspecified atom stereocenters. The molecule has 18 heavy (non-hydrogen) atoms. The van der Waals surface area contributed by atoms with Crippen LogP contribution in [0.1, 0.15) is 30.4 Å². The molecular weight excluding hydrogens is 226 g/mol. The van der Waals surface area contributed by atoms with Crippen LogP contribution in [0.15, 0.2) is 18.5 Å². The number of rotatable bonds is 4. The van der Waals surface area contributed by atoms with Gasteiger partial charge in [-0.05, 0) is 43.4 Å². The number of pyridine rings is 1. The van der Waals surface area contributed by atoms with E-state index in [-0.39, 0.29) is 11.9 Å². The largest absolute Gasteiger partial charge is 0.337 e. The minimum atomic E-state index is 0.0552. The van der Waals surface area contributed by atoms with Gasteiger partial charge in [-0.25, -0.2) is 0 Å². The summed E-state index contributed by atoms with van der Waals surface area (Å²) in [4.78, 5) is 18.3. The number of aryl methyl sites for hydroxylation is 1. The van der Waals surface area contributed by atoms with Crippen LogP contribution >= 0.6 is 0 Å². The summed E-state index contributed by atoms with van der Waals surface area (Å²) in [6.45, 7) is 3.63. The molecule has 2 fully saturated rings. The van der Waals surface area contributed by atoms with Gasteiger partial charge in [0.15, 0.2) is 0 Å². The topological polar surface area (TPSA) is 45.2 Å². The summed E-state index contributed by atoms with van der Waals surface area (Å²) in [5.41, 5.74) is 2.36. The quantitative estimate of drug-likeness (QED) is 0.868. The Bertz CT molecular complexity index is 456. The Morgan fingerprint density at radius 3 is 3.00 bits per heavy atom. The molecule has 0 aromatic carbocycles. The van der Waals surface area contributed by atoms with E-state index in [1.807, 2.05) is 24.1 Å². The summed E-state index contributed by atoms with van der Waals surface area (Å²) in [6, 6.07) is 2.66. The molecule has 4 nitrogen and oxygen atoms in total. The van der Waals surface area contributed by atoms with Crippen molar-refractivity contribution in [3.8, 4) is 0 Å². The third-order valence-corrected chi connectivity index (χ3v) is 3.81. The van der Waals surface area contributed by atoms with Gasteiger partial charge in [0.25, 0.3) is 0 Å². The van der Waals surface area contributed by atoms with Gasteiger partial charge in [-0.2, -0.15) is 0 Å². The van der Waals surface area contributed by atoms with Crippen molar-refractivity contribution in [3.63, 3.8) is 0 Å². The first-order valence-electron chi connectivity index (χ1n) is 6.68. The van der Waals surface area contributed by atoms with Gasteiger partial charge in [-0.3, -0.25) is 9.78 Å². The van der Waals surface area contributed by atoms with Crippen LogP contribution in [0.3, 0.4) is 0 Å². The SMILES string of the molecule is Cc1cnccc1CN1CCC(NC2CC2)C1=O. The maximum absolute atomic E-state index is 12.2. The van der Waals surface area contributed by atoms with Crippen LogP contribution in [0.5, 0.6) is 0 Å². The van der Waals surface area contributed by atoms with E-state index in [0.29, 0.717) is 6.04 Å². The molecule has 1 aromatic rings. The normalized spacial score (nSPS) is 23.7. The highest BCUT2D eigenvalue weighted by Crippen LogP contribution is 2.23. The Hall–Kier alpha value is -1.42. The fourth-order valence-corrected chi connectivity index (χ4v) is 2.47. The van der Waals surface area contributed by atoms with Gasteiger partial charge in [0.2, 0.25) is 5.91 Å². The lowest BCUT2D eigenvalue weighted by molar-refractivity contribution is -0.130. The summed E-state index contributed by atoms with van der Waals surface area (Å²) >= 11 is 0. The number of nitrogens with zero attached hydrogens (tertiary/aromatic N) is 2. The molecule has 3 rings (SSSR count). The Labute approximate surface area is 107 Å². The van der Waals surface area contributed by atoms with E-state index in [1.165, 1.54) is 18.4 Å². The van der Waals surface area contributed by atoms with E-state index in [0.717, 1.165) is 25.1 Å². The van der Waals surface area contributed by atoms with Gasteiger partial charge < -0.3 is 10.2 Å². The highest BCUT2D eigenvalue weighted by molar-refractivity contribution is 5.84. The maximum atomic E-state index is 12.2. The molecule has 1 N–H and O–H groups in total. The van der Waals surface area contributed by atoms with Crippen LogP contribution in [0, 0.1) is 6.92 Å². The molecule has 4 heteroatoms. The number of carbonyl (C=O) groups excluding carboxylic acids is 1. The van der Waals surface area contributed by atoms with Crippen LogP contribution in [0.4, 0.5) is 0 Å². The minimum Gasteiger partial charge on any atom is -0.337 e. The van der Waals surface area contributed by atoms with Gasteiger partial charge in [0.05, 0.1) is 6.04 Å². The van der Waals surface area contributed by atoms with Crippen molar-refractivity contribution in [1.29, 1.82) is 0 Å². The third kappa shape index (κ3) is 2.38. The molecule has 1 aliphatic heterocycles. The Morgan fingerprint density at radius 2 is 2.28 bits per heavy atom. The standard InChI is InChI=1S/C14H19N3O/c1-10-8-15-6-4-11(10)9-17-7-5-13(14(17)18)16-12-2-3-12/h4,6,8,12-13,16H,2-3,5,7,9H2,1H3. The first-order chi connectivity index (χ1) is 8.74. The lowest BCUT2D eigenvalue weighted by Gasteiger charge is -2.18. The van der Waals surface area contributed by atoms with E-state index < -0.39 is 0 Å². The Morgan fingerprint density at radius 1 is 1.44 bits per heavy atom. The maximum Gasteiger partial charge on any atom is 0.240 e. The van der Waals surface area contributed by atoms with E-state index in [2.05, 4.69) is 10.3 Å². The minimum absolute atomic E-state index is 0.0552. The lowest BCUT2D eigenvalue weighted by Crippen LogP contribution is -2.39. The van der Waals surface area contributed by atoms with Gasteiger partial charge in [0, 0.05) is 31.5 Å². The predicted molar refractivity (Wildman–Crippen MR) is 69.0 cm³/mol. The molecule has 1 aromatic heterocycles. The van der Waals surface area contributed by atoms with Crippen LogP contribution in [-0.4, -0.2) is 34.4 Å². The number of nitrogens with one attached hydrogen (secondary N) is 1. The molecule has 0 spiro atoms. The third-order valence-electron chi connectivity index (χ3n) is 3.81. The smallest absolute Gasteiger partial charge is 0.240 e. The molecule has 1 atom stereocenters. The molecule has 0 radical (unpaired) electrons. The van der Waals surface area contributed by atoms with Crippen LogP contribution in [0.25, 0.3) is 0 Å². The monoisotopic (exact) mass is 245 g/mol. The van der Waals surface area contributed by atoms with Crippen molar-refractivity contribution in [2.24, 2.45) is 0 Å².